The van der Waals surface area contributed by atoms with E-state index >= 15 is 0 Å². The van der Waals surface area contributed by atoms with Gasteiger partial charge in [0.2, 0.25) is 0 Å². The van der Waals surface area contributed by atoms with Crippen molar-refractivity contribution in [1.82, 2.24) is 10.3 Å². The molecule has 1 fully saturated rings. The van der Waals surface area contributed by atoms with Crippen LogP contribution in [-0.4, -0.2) is 18.1 Å². The van der Waals surface area contributed by atoms with Gasteiger partial charge in [-0.05, 0) is 49.9 Å². The Labute approximate surface area is 85.7 Å². The van der Waals surface area contributed by atoms with E-state index in [9.17, 15) is 0 Å². The summed E-state index contributed by atoms with van der Waals surface area (Å²) in [7, 11) is 2.08. The van der Waals surface area contributed by atoms with Crippen molar-refractivity contribution in [2.75, 3.05) is 7.05 Å². The van der Waals surface area contributed by atoms with Gasteiger partial charge in [-0.15, -0.1) is 0 Å². The molecule has 76 valence electrons. The van der Waals surface area contributed by atoms with Crippen LogP contribution in [0, 0.1) is 5.92 Å². The predicted octanol–water partition coefficient (Wildman–Crippen LogP) is 2.01. The molecule has 0 aliphatic heterocycles. The van der Waals surface area contributed by atoms with E-state index in [1.54, 1.807) is 0 Å². The summed E-state index contributed by atoms with van der Waals surface area (Å²) in [5.74, 6) is 0.822. The minimum Gasteiger partial charge on any atom is -0.317 e. The highest BCUT2D eigenvalue weighted by molar-refractivity contribution is 5.11. The smallest absolute Gasteiger partial charge is 0.0270 e. The van der Waals surface area contributed by atoms with Crippen molar-refractivity contribution >= 4 is 0 Å². The van der Waals surface area contributed by atoms with Crippen molar-refractivity contribution < 1.29 is 0 Å². The van der Waals surface area contributed by atoms with Crippen molar-refractivity contribution in [3.8, 4) is 0 Å². The average Bonchev–Trinajstić information content (AvgIpc) is 2.67. The van der Waals surface area contributed by atoms with E-state index in [-0.39, 0.29) is 0 Å². The fraction of sp³-hybridized carbons (Fsp3) is 0.583. The number of nitrogens with one attached hydrogen (secondary N) is 1. The summed E-state index contributed by atoms with van der Waals surface area (Å²) in [4.78, 5) is 4.04. The molecular formula is C12H18N2. The van der Waals surface area contributed by atoms with Gasteiger partial charge in [0.25, 0.3) is 0 Å². The van der Waals surface area contributed by atoms with Gasteiger partial charge in [-0.2, -0.15) is 0 Å². The van der Waals surface area contributed by atoms with Gasteiger partial charge in [0.05, 0.1) is 0 Å². The van der Waals surface area contributed by atoms with E-state index in [0.29, 0.717) is 0 Å². The lowest BCUT2D eigenvalue weighted by Gasteiger charge is -2.18. The summed E-state index contributed by atoms with van der Waals surface area (Å²) in [6.07, 6.45) is 9.06. The Morgan fingerprint density at radius 1 is 1.36 bits per heavy atom. The Morgan fingerprint density at radius 2 is 2.14 bits per heavy atom. The standard InChI is InChI=1S/C12H18N2/c1-13-12-4-2-3-11(12)9-10-5-7-14-8-6-10/h5-8,11-13H,2-4,9H2,1H3. The quantitative estimate of drug-likeness (QED) is 0.788. The zero-order chi connectivity index (χ0) is 9.80. The lowest BCUT2D eigenvalue weighted by atomic mass is 9.95. The minimum absolute atomic E-state index is 0.725. The molecule has 1 aromatic heterocycles. The van der Waals surface area contributed by atoms with Crippen LogP contribution in [0.15, 0.2) is 24.5 Å². The van der Waals surface area contributed by atoms with Crippen LogP contribution < -0.4 is 5.32 Å². The van der Waals surface area contributed by atoms with Gasteiger partial charge in [0.15, 0.2) is 0 Å². The zero-order valence-electron chi connectivity index (χ0n) is 8.74. The molecule has 2 atom stereocenters. The second-order valence-electron chi connectivity index (χ2n) is 4.15. The first-order valence-corrected chi connectivity index (χ1v) is 5.46. The Hall–Kier alpha value is -0.890. The van der Waals surface area contributed by atoms with Crippen LogP contribution in [-0.2, 0) is 6.42 Å². The first-order chi connectivity index (χ1) is 6.90. The molecule has 2 unspecified atom stereocenters. The van der Waals surface area contributed by atoms with E-state index in [2.05, 4.69) is 29.5 Å². The van der Waals surface area contributed by atoms with Gasteiger partial charge in [-0.1, -0.05) is 6.42 Å². The molecule has 1 aromatic rings. The molecule has 1 heterocycles. The molecule has 2 rings (SSSR count). The summed E-state index contributed by atoms with van der Waals surface area (Å²) in [5.41, 5.74) is 1.42. The number of rotatable bonds is 3. The van der Waals surface area contributed by atoms with Crippen molar-refractivity contribution in [2.45, 2.75) is 31.7 Å². The molecular weight excluding hydrogens is 172 g/mol. The highest BCUT2D eigenvalue weighted by atomic mass is 14.9. The highest BCUT2D eigenvalue weighted by Gasteiger charge is 2.25. The van der Waals surface area contributed by atoms with Crippen molar-refractivity contribution in [2.24, 2.45) is 5.92 Å². The van der Waals surface area contributed by atoms with Gasteiger partial charge in [-0.3, -0.25) is 4.98 Å². The largest absolute Gasteiger partial charge is 0.317 e. The summed E-state index contributed by atoms with van der Waals surface area (Å²) < 4.78 is 0. The Morgan fingerprint density at radius 3 is 2.86 bits per heavy atom. The maximum absolute atomic E-state index is 4.04. The third-order valence-electron chi connectivity index (χ3n) is 3.28. The number of hydrogen-bond acceptors (Lipinski definition) is 2. The third kappa shape index (κ3) is 2.13. The van der Waals surface area contributed by atoms with E-state index in [0.717, 1.165) is 12.0 Å². The fourth-order valence-corrected chi connectivity index (χ4v) is 2.48. The maximum atomic E-state index is 4.04. The number of hydrogen-bond donors (Lipinski definition) is 1. The van der Waals surface area contributed by atoms with Crippen molar-refractivity contribution in [3.05, 3.63) is 30.1 Å². The number of aromatic nitrogens is 1. The SMILES string of the molecule is CNC1CCCC1Cc1ccncc1. The van der Waals surface area contributed by atoms with Gasteiger partial charge < -0.3 is 5.32 Å². The van der Waals surface area contributed by atoms with E-state index < -0.39 is 0 Å². The first-order valence-electron chi connectivity index (χ1n) is 5.46. The summed E-state index contributed by atoms with van der Waals surface area (Å²) in [6.45, 7) is 0. The van der Waals surface area contributed by atoms with E-state index in [4.69, 9.17) is 0 Å². The summed E-state index contributed by atoms with van der Waals surface area (Å²) >= 11 is 0. The zero-order valence-corrected chi connectivity index (χ0v) is 8.74. The van der Waals surface area contributed by atoms with Crippen LogP contribution in [0.2, 0.25) is 0 Å². The molecule has 2 nitrogen and oxygen atoms in total. The molecule has 0 bridgehead atoms. The molecule has 1 aliphatic carbocycles. The van der Waals surface area contributed by atoms with Crippen LogP contribution in [0.4, 0.5) is 0 Å². The Balaban J connectivity index is 1.97. The second kappa shape index (κ2) is 4.56. The van der Waals surface area contributed by atoms with Gasteiger partial charge in [0.1, 0.15) is 0 Å². The van der Waals surface area contributed by atoms with Crippen molar-refractivity contribution in [1.29, 1.82) is 0 Å². The maximum Gasteiger partial charge on any atom is 0.0270 e. The minimum atomic E-state index is 0.725. The van der Waals surface area contributed by atoms with Crippen molar-refractivity contribution in [3.63, 3.8) is 0 Å². The Kier molecular flexibility index (Phi) is 3.14. The molecule has 1 aliphatic rings. The fourth-order valence-electron chi connectivity index (χ4n) is 2.48. The highest BCUT2D eigenvalue weighted by Crippen LogP contribution is 2.28. The molecule has 0 saturated heterocycles. The van der Waals surface area contributed by atoms with Crippen LogP contribution in [0.1, 0.15) is 24.8 Å². The summed E-state index contributed by atoms with van der Waals surface area (Å²) in [6, 6.07) is 4.99. The normalized spacial score (nSPS) is 26.6. The van der Waals surface area contributed by atoms with Crippen LogP contribution >= 0.6 is 0 Å². The molecule has 1 N–H and O–H groups in total. The van der Waals surface area contributed by atoms with Gasteiger partial charge >= 0.3 is 0 Å². The Bertz CT molecular complexity index is 271. The molecule has 0 amide bonds. The lowest BCUT2D eigenvalue weighted by molar-refractivity contribution is 0.423. The van der Waals surface area contributed by atoms with E-state index in [1.165, 1.54) is 31.2 Å². The number of nitrogens with zero attached hydrogens (tertiary/aromatic N) is 1. The number of pyridine rings is 1. The first kappa shape index (κ1) is 9.66. The average molecular weight is 190 g/mol. The topological polar surface area (TPSA) is 24.9 Å². The van der Waals surface area contributed by atoms with Crippen LogP contribution in [0.3, 0.4) is 0 Å². The molecule has 0 aromatic carbocycles. The lowest BCUT2D eigenvalue weighted by Crippen LogP contribution is -2.30. The molecule has 0 radical (unpaired) electrons. The summed E-state index contributed by atoms with van der Waals surface area (Å²) in [5, 5.41) is 3.42. The molecule has 14 heavy (non-hydrogen) atoms. The van der Waals surface area contributed by atoms with Crippen LogP contribution in [0.25, 0.3) is 0 Å². The molecule has 1 saturated carbocycles. The second-order valence-corrected chi connectivity index (χ2v) is 4.15. The molecule has 2 heteroatoms. The van der Waals surface area contributed by atoms with Crippen LogP contribution in [0.5, 0.6) is 0 Å². The van der Waals surface area contributed by atoms with E-state index in [1.807, 2.05) is 12.4 Å². The monoisotopic (exact) mass is 190 g/mol. The molecule has 0 spiro atoms. The van der Waals surface area contributed by atoms with Gasteiger partial charge in [0, 0.05) is 18.4 Å². The third-order valence-corrected chi connectivity index (χ3v) is 3.28. The van der Waals surface area contributed by atoms with Gasteiger partial charge in [-0.25, -0.2) is 0 Å². The predicted molar refractivity (Wildman–Crippen MR) is 58.1 cm³/mol.